The van der Waals surface area contributed by atoms with E-state index >= 15 is 0 Å². The Morgan fingerprint density at radius 1 is 1.43 bits per heavy atom. The lowest BCUT2D eigenvalue weighted by Crippen LogP contribution is -2.39. The predicted molar refractivity (Wildman–Crippen MR) is 44.5 cm³/mol. The zero-order chi connectivity index (χ0) is 11.0. The Morgan fingerprint density at radius 2 is 2.07 bits per heavy atom. The Kier molecular flexibility index (Phi) is 6.81. The molecule has 0 amide bonds. The molecule has 14 heavy (non-hydrogen) atoms. The van der Waals surface area contributed by atoms with E-state index in [1.807, 2.05) is 0 Å². The summed E-state index contributed by atoms with van der Waals surface area (Å²) in [6, 6.07) is -0.187. The maximum absolute atomic E-state index is 11.6. The fraction of sp³-hybridized carbons (Fsp3) is 1.00. The highest BCUT2D eigenvalue weighted by Crippen LogP contribution is 2.14. The molecule has 1 unspecified atom stereocenters. The van der Waals surface area contributed by atoms with Crippen LogP contribution in [0.4, 0.5) is 13.2 Å². The minimum Gasteiger partial charge on any atom is -0.383 e. The largest absolute Gasteiger partial charge is 0.411 e. The van der Waals surface area contributed by atoms with Gasteiger partial charge < -0.3 is 9.47 Å². The zero-order valence-corrected chi connectivity index (χ0v) is 7.93. The Balaban J connectivity index is 3.42. The third-order valence-electron chi connectivity index (χ3n) is 1.48. The third-order valence-corrected chi connectivity index (χ3v) is 1.48. The van der Waals surface area contributed by atoms with Crippen LogP contribution < -0.4 is 11.3 Å². The smallest absolute Gasteiger partial charge is 0.383 e. The van der Waals surface area contributed by atoms with E-state index in [4.69, 9.17) is 10.6 Å². The van der Waals surface area contributed by atoms with E-state index in [1.165, 1.54) is 7.11 Å². The SMILES string of the molecule is COCC(CCOCC(F)(F)F)NN. The van der Waals surface area contributed by atoms with Crippen molar-refractivity contribution in [2.24, 2.45) is 5.84 Å². The number of halogens is 3. The lowest BCUT2D eigenvalue weighted by molar-refractivity contribution is -0.174. The second-order valence-corrected chi connectivity index (χ2v) is 2.78. The monoisotopic (exact) mass is 216 g/mol. The number of nitrogens with two attached hydrogens (primary N) is 1. The van der Waals surface area contributed by atoms with Gasteiger partial charge in [-0.05, 0) is 6.42 Å². The molecule has 0 aliphatic heterocycles. The van der Waals surface area contributed by atoms with Gasteiger partial charge >= 0.3 is 6.18 Å². The lowest BCUT2D eigenvalue weighted by atomic mass is 10.2. The Bertz CT molecular complexity index is 143. The third kappa shape index (κ3) is 8.24. The zero-order valence-electron chi connectivity index (χ0n) is 7.93. The van der Waals surface area contributed by atoms with E-state index in [0.717, 1.165) is 0 Å². The van der Waals surface area contributed by atoms with Crippen LogP contribution in [0, 0.1) is 0 Å². The summed E-state index contributed by atoms with van der Waals surface area (Å²) in [7, 11) is 1.49. The molecule has 0 aliphatic carbocycles. The molecule has 0 rings (SSSR count). The van der Waals surface area contributed by atoms with Crippen molar-refractivity contribution in [3.8, 4) is 0 Å². The summed E-state index contributed by atoms with van der Waals surface area (Å²) in [6.45, 7) is -0.888. The number of hydrogen-bond donors (Lipinski definition) is 2. The van der Waals surface area contributed by atoms with Crippen molar-refractivity contribution < 1.29 is 22.6 Å². The standard InChI is InChI=1S/C7H15F3N2O2/c1-13-4-6(12-11)2-3-14-5-7(8,9)10/h6,12H,2-5,11H2,1H3. The van der Waals surface area contributed by atoms with Gasteiger partial charge in [-0.15, -0.1) is 0 Å². The second kappa shape index (κ2) is 6.99. The molecular formula is C7H15F3N2O2. The van der Waals surface area contributed by atoms with Crippen molar-refractivity contribution in [3.63, 3.8) is 0 Å². The molecule has 3 N–H and O–H groups in total. The molecule has 0 bridgehead atoms. The number of nitrogens with one attached hydrogen (secondary N) is 1. The summed E-state index contributed by atoms with van der Waals surface area (Å²) < 4.78 is 44.0. The van der Waals surface area contributed by atoms with Gasteiger partial charge in [-0.1, -0.05) is 0 Å². The summed E-state index contributed by atoms with van der Waals surface area (Å²) in [4.78, 5) is 0. The van der Waals surface area contributed by atoms with Gasteiger partial charge in [0.1, 0.15) is 6.61 Å². The molecule has 0 spiro atoms. The van der Waals surface area contributed by atoms with E-state index in [0.29, 0.717) is 13.0 Å². The predicted octanol–water partition coefficient (Wildman–Crippen LogP) is 0.434. The van der Waals surface area contributed by atoms with Gasteiger partial charge in [-0.25, -0.2) is 0 Å². The summed E-state index contributed by atoms with van der Waals surface area (Å²) >= 11 is 0. The number of alkyl halides is 3. The summed E-state index contributed by atoms with van der Waals surface area (Å²) in [5.41, 5.74) is 2.41. The van der Waals surface area contributed by atoms with Crippen LogP contribution in [-0.4, -0.2) is 39.1 Å². The average Bonchev–Trinajstić information content (AvgIpc) is 2.08. The molecular weight excluding hydrogens is 201 g/mol. The van der Waals surface area contributed by atoms with Crippen molar-refractivity contribution in [3.05, 3.63) is 0 Å². The van der Waals surface area contributed by atoms with Gasteiger partial charge in [0.2, 0.25) is 0 Å². The Morgan fingerprint density at radius 3 is 2.50 bits per heavy atom. The normalized spacial score (nSPS) is 14.4. The molecule has 7 heteroatoms. The number of hydrazine groups is 1. The molecule has 0 aromatic heterocycles. The fourth-order valence-corrected chi connectivity index (χ4v) is 0.829. The molecule has 0 saturated carbocycles. The van der Waals surface area contributed by atoms with Crippen molar-refractivity contribution in [1.29, 1.82) is 0 Å². The first-order valence-corrected chi connectivity index (χ1v) is 4.09. The van der Waals surface area contributed by atoms with Gasteiger partial charge in [0.15, 0.2) is 0 Å². The topological polar surface area (TPSA) is 56.5 Å². The lowest BCUT2D eigenvalue weighted by Gasteiger charge is -2.14. The minimum absolute atomic E-state index is 0.00225. The molecule has 0 aromatic rings. The first-order chi connectivity index (χ1) is 6.49. The van der Waals surface area contributed by atoms with Gasteiger partial charge in [-0.2, -0.15) is 13.2 Å². The maximum atomic E-state index is 11.6. The van der Waals surface area contributed by atoms with Crippen molar-refractivity contribution in [1.82, 2.24) is 5.43 Å². The van der Waals surface area contributed by atoms with Gasteiger partial charge in [-0.3, -0.25) is 11.3 Å². The number of methoxy groups -OCH3 is 1. The van der Waals surface area contributed by atoms with Gasteiger partial charge in [0.05, 0.1) is 6.61 Å². The van der Waals surface area contributed by atoms with Crippen molar-refractivity contribution in [2.45, 2.75) is 18.6 Å². The summed E-state index contributed by atoms with van der Waals surface area (Å²) in [5, 5.41) is 0. The van der Waals surface area contributed by atoms with E-state index in [2.05, 4.69) is 10.2 Å². The van der Waals surface area contributed by atoms with Crippen LogP contribution in [0.5, 0.6) is 0 Å². The van der Waals surface area contributed by atoms with Crippen LogP contribution in [-0.2, 0) is 9.47 Å². The fourth-order valence-electron chi connectivity index (χ4n) is 0.829. The molecule has 0 heterocycles. The molecule has 0 aromatic carbocycles. The first kappa shape index (κ1) is 13.6. The molecule has 4 nitrogen and oxygen atoms in total. The van der Waals surface area contributed by atoms with E-state index in [1.54, 1.807) is 0 Å². The molecule has 0 fully saturated rings. The van der Waals surface area contributed by atoms with Crippen LogP contribution >= 0.6 is 0 Å². The highest BCUT2D eigenvalue weighted by Gasteiger charge is 2.27. The molecule has 0 aliphatic rings. The molecule has 86 valence electrons. The minimum atomic E-state index is -4.27. The van der Waals surface area contributed by atoms with Crippen LogP contribution in [0.25, 0.3) is 0 Å². The molecule has 0 radical (unpaired) electrons. The number of rotatable bonds is 7. The Labute approximate surface area is 80.5 Å². The number of hydrogen-bond acceptors (Lipinski definition) is 4. The van der Waals surface area contributed by atoms with Crippen LogP contribution in [0.15, 0.2) is 0 Å². The van der Waals surface area contributed by atoms with Crippen molar-refractivity contribution in [2.75, 3.05) is 26.9 Å². The van der Waals surface area contributed by atoms with Crippen molar-refractivity contribution >= 4 is 0 Å². The number of ether oxygens (including phenoxy) is 2. The maximum Gasteiger partial charge on any atom is 0.411 e. The Hall–Kier alpha value is -0.370. The van der Waals surface area contributed by atoms with Gasteiger partial charge in [0.25, 0.3) is 0 Å². The molecule has 0 saturated heterocycles. The first-order valence-electron chi connectivity index (χ1n) is 4.09. The van der Waals surface area contributed by atoms with E-state index in [9.17, 15) is 13.2 Å². The quantitative estimate of drug-likeness (QED) is 0.368. The van der Waals surface area contributed by atoms with Crippen LogP contribution in [0.1, 0.15) is 6.42 Å². The summed E-state index contributed by atoms with van der Waals surface area (Å²) in [5.74, 6) is 5.12. The van der Waals surface area contributed by atoms with Crippen LogP contribution in [0.3, 0.4) is 0 Å². The highest BCUT2D eigenvalue weighted by atomic mass is 19.4. The molecule has 1 atom stereocenters. The second-order valence-electron chi connectivity index (χ2n) is 2.78. The highest BCUT2D eigenvalue weighted by molar-refractivity contribution is 4.61. The van der Waals surface area contributed by atoms with E-state index in [-0.39, 0.29) is 12.6 Å². The summed E-state index contributed by atoms with van der Waals surface area (Å²) in [6.07, 6.45) is -3.90. The van der Waals surface area contributed by atoms with E-state index < -0.39 is 12.8 Å². The average molecular weight is 216 g/mol. The van der Waals surface area contributed by atoms with Crippen LogP contribution in [0.2, 0.25) is 0 Å². The van der Waals surface area contributed by atoms with Gasteiger partial charge in [0, 0.05) is 19.8 Å².